The number of ether oxygens (including phenoxy) is 2. The Morgan fingerprint density at radius 3 is 1.83 bits per heavy atom. The molecule has 8 nitrogen and oxygen atoms in total. The Kier molecular flexibility index (Phi) is 5.47. The van der Waals surface area contributed by atoms with Crippen LogP contribution in [0.5, 0.6) is 11.5 Å². The van der Waals surface area contributed by atoms with Crippen LogP contribution in [0.1, 0.15) is 5.56 Å². The van der Waals surface area contributed by atoms with Crippen molar-refractivity contribution in [3.8, 4) is 11.5 Å². The molecule has 30 heavy (non-hydrogen) atoms. The summed E-state index contributed by atoms with van der Waals surface area (Å²) in [5, 5.41) is 0. The van der Waals surface area contributed by atoms with Crippen molar-refractivity contribution in [2.75, 3.05) is 39.4 Å². The Bertz CT molecular complexity index is 1180. The molecule has 2 heterocycles. The van der Waals surface area contributed by atoms with Crippen molar-refractivity contribution in [2.45, 2.75) is 16.7 Å². The number of benzene rings is 2. The van der Waals surface area contributed by atoms with Gasteiger partial charge in [0.2, 0.25) is 20.0 Å². The zero-order valence-electron chi connectivity index (χ0n) is 16.2. The van der Waals surface area contributed by atoms with Gasteiger partial charge in [0.25, 0.3) is 0 Å². The number of hydrogen-bond acceptors (Lipinski definition) is 6. The smallest absolute Gasteiger partial charge is 0.243 e. The lowest BCUT2D eigenvalue weighted by Crippen LogP contribution is -2.50. The molecule has 0 atom stereocenters. The van der Waals surface area contributed by atoms with E-state index in [1.807, 2.05) is 0 Å². The number of sulfonamides is 2. The van der Waals surface area contributed by atoms with E-state index < -0.39 is 25.9 Å². The first-order valence-corrected chi connectivity index (χ1v) is 12.2. The van der Waals surface area contributed by atoms with E-state index in [2.05, 4.69) is 0 Å². The van der Waals surface area contributed by atoms with E-state index in [1.165, 1.54) is 32.9 Å². The summed E-state index contributed by atoms with van der Waals surface area (Å²) >= 11 is 0. The molecule has 0 radical (unpaired) electrons. The molecular weight excluding hydrogens is 435 g/mol. The van der Waals surface area contributed by atoms with Crippen LogP contribution in [0.25, 0.3) is 0 Å². The van der Waals surface area contributed by atoms with Crippen molar-refractivity contribution in [1.82, 2.24) is 8.61 Å². The van der Waals surface area contributed by atoms with E-state index in [0.717, 1.165) is 6.07 Å². The SMILES string of the molecule is Cc1ccc(S(=O)(=O)N2CCN(S(=O)(=O)c3ccc4c(c3)OCCO4)CC2)cc1F. The fourth-order valence-corrected chi connectivity index (χ4v) is 6.24. The average molecular weight is 457 g/mol. The monoisotopic (exact) mass is 456 g/mol. The second kappa shape index (κ2) is 7.80. The number of rotatable bonds is 4. The van der Waals surface area contributed by atoms with E-state index >= 15 is 0 Å². The van der Waals surface area contributed by atoms with E-state index in [-0.39, 0.29) is 36.0 Å². The molecule has 2 aromatic carbocycles. The third kappa shape index (κ3) is 3.78. The van der Waals surface area contributed by atoms with Gasteiger partial charge in [-0.2, -0.15) is 8.61 Å². The molecule has 1 fully saturated rings. The standard InChI is InChI=1S/C19H21FN2O6S2/c1-14-2-3-15(12-17(14)20)29(23,24)21-6-8-22(9-7-21)30(25,26)16-4-5-18-19(13-16)28-11-10-27-18/h2-5,12-13H,6-11H2,1H3. The fraction of sp³-hybridized carbons (Fsp3) is 0.368. The fourth-order valence-electron chi connectivity index (χ4n) is 3.37. The zero-order chi connectivity index (χ0) is 21.5. The summed E-state index contributed by atoms with van der Waals surface area (Å²) < 4.78 is 78.7. The maximum absolute atomic E-state index is 13.8. The Balaban J connectivity index is 1.50. The van der Waals surface area contributed by atoms with Gasteiger partial charge in [0, 0.05) is 32.2 Å². The predicted molar refractivity (Wildman–Crippen MR) is 106 cm³/mol. The number of fused-ring (bicyclic) bond motifs is 1. The number of nitrogens with zero attached hydrogens (tertiary/aromatic N) is 2. The molecule has 0 N–H and O–H groups in total. The van der Waals surface area contributed by atoms with Gasteiger partial charge in [0.1, 0.15) is 19.0 Å². The molecule has 0 bridgehead atoms. The molecule has 0 spiro atoms. The van der Waals surface area contributed by atoms with E-state index in [1.54, 1.807) is 13.0 Å². The van der Waals surface area contributed by atoms with Gasteiger partial charge in [-0.05, 0) is 36.8 Å². The second-order valence-electron chi connectivity index (χ2n) is 7.02. The molecule has 4 rings (SSSR count). The molecule has 0 aromatic heterocycles. The van der Waals surface area contributed by atoms with Gasteiger partial charge in [-0.3, -0.25) is 0 Å². The zero-order valence-corrected chi connectivity index (χ0v) is 17.9. The summed E-state index contributed by atoms with van der Waals surface area (Å²) in [4.78, 5) is -0.0857. The highest BCUT2D eigenvalue weighted by atomic mass is 32.2. The van der Waals surface area contributed by atoms with Crippen LogP contribution in [0.15, 0.2) is 46.2 Å². The van der Waals surface area contributed by atoms with Crippen LogP contribution in [0.3, 0.4) is 0 Å². The molecule has 2 aliphatic rings. The number of piperazine rings is 1. The summed E-state index contributed by atoms with van der Waals surface area (Å²) in [6.07, 6.45) is 0. The van der Waals surface area contributed by atoms with Crippen LogP contribution >= 0.6 is 0 Å². The third-order valence-electron chi connectivity index (χ3n) is 5.13. The maximum Gasteiger partial charge on any atom is 0.243 e. The lowest BCUT2D eigenvalue weighted by Gasteiger charge is -2.33. The highest BCUT2D eigenvalue weighted by molar-refractivity contribution is 7.89. The van der Waals surface area contributed by atoms with Crippen molar-refractivity contribution in [3.63, 3.8) is 0 Å². The highest BCUT2D eigenvalue weighted by Crippen LogP contribution is 2.33. The van der Waals surface area contributed by atoms with E-state index in [0.29, 0.717) is 30.3 Å². The first kappa shape index (κ1) is 21.0. The van der Waals surface area contributed by atoms with Gasteiger partial charge in [-0.15, -0.1) is 0 Å². The molecule has 0 aliphatic carbocycles. The normalized spacial score (nSPS) is 18.3. The largest absolute Gasteiger partial charge is 0.486 e. The first-order valence-electron chi connectivity index (χ1n) is 9.36. The first-order chi connectivity index (χ1) is 14.2. The molecular formula is C19H21FN2O6S2. The minimum absolute atomic E-state index is 0.00957. The Hall–Kier alpha value is -2.21. The van der Waals surface area contributed by atoms with Gasteiger partial charge in [-0.1, -0.05) is 6.07 Å². The predicted octanol–water partition coefficient (Wildman–Crippen LogP) is 1.60. The van der Waals surface area contributed by atoms with Gasteiger partial charge >= 0.3 is 0 Å². The Morgan fingerprint density at radius 2 is 1.27 bits per heavy atom. The van der Waals surface area contributed by atoms with Crippen LogP contribution in [-0.2, 0) is 20.0 Å². The van der Waals surface area contributed by atoms with Gasteiger partial charge < -0.3 is 9.47 Å². The Morgan fingerprint density at radius 1 is 0.767 bits per heavy atom. The molecule has 2 aliphatic heterocycles. The van der Waals surface area contributed by atoms with Crippen molar-refractivity contribution < 1.29 is 30.7 Å². The lowest BCUT2D eigenvalue weighted by atomic mass is 10.2. The number of aryl methyl sites for hydroxylation is 1. The minimum atomic E-state index is -3.91. The highest BCUT2D eigenvalue weighted by Gasteiger charge is 2.34. The molecule has 162 valence electrons. The van der Waals surface area contributed by atoms with E-state index in [4.69, 9.17) is 9.47 Å². The van der Waals surface area contributed by atoms with Crippen molar-refractivity contribution in [3.05, 3.63) is 47.8 Å². The maximum atomic E-state index is 13.8. The molecule has 1 saturated heterocycles. The quantitative estimate of drug-likeness (QED) is 0.694. The summed E-state index contributed by atoms with van der Waals surface area (Å²) in [7, 11) is -7.74. The van der Waals surface area contributed by atoms with Gasteiger partial charge in [0.05, 0.1) is 9.79 Å². The summed E-state index contributed by atoms with van der Waals surface area (Å²) in [6.45, 7) is 2.22. The molecule has 0 saturated carbocycles. The van der Waals surface area contributed by atoms with Crippen LogP contribution in [0.2, 0.25) is 0 Å². The van der Waals surface area contributed by atoms with Crippen LogP contribution in [-0.4, -0.2) is 64.8 Å². The van der Waals surface area contributed by atoms with Crippen LogP contribution < -0.4 is 9.47 Å². The molecule has 0 unspecified atom stereocenters. The van der Waals surface area contributed by atoms with Gasteiger partial charge in [-0.25, -0.2) is 21.2 Å². The summed E-state index contributed by atoms with van der Waals surface area (Å²) in [6, 6.07) is 8.16. The molecule has 0 amide bonds. The summed E-state index contributed by atoms with van der Waals surface area (Å²) in [5.41, 5.74) is 0.351. The van der Waals surface area contributed by atoms with Crippen LogP contribution in [0, 0.1) is 12.7 Å². The number of hydrogen-bond donors (Lipinski definition) is 0. The van der Waals surface area contributed by atoms with Crippen molar-refractivity contribution in [2.24, 2.45) is 0 Å². The molecule has 2 aromatic rings. The second-order valence-corrected chi connectivity index (χ2v) is 10.9. The third-order valence-corrected chi connectivity index (χ3v) is 8.92. The Labute approximate surface area is 174 Å². The average Bonchev–Trinajstić information content (AvgIpc) is 2.75. The van der Waals surface area contributed by atoms with Crippen LogP contribution in [0.4, 0.5) is 4.39 Å². The van der Waals surface area contributed by atoms with Crippen molar-refractivity contribution in [1.29, 1.82) is 0 Å². The number of halogens is 1. The lowest BCUT2D eigenvalue weighted by molar-refractivity contribution is 0.171. The topological polar surface area (TPSA) is 93.2 Å². The summed E-state index contributed by atoms with van der Waals surface area (Å²) in [5.74, 6) is 0.252. The van der Waals surface area contributed by atoms with E-state index in [9.17, 15) is 21.2 Å². The van der Waals surface area contributed by atoms with Gasteiger partial charge in [0.15, 0.2) is 11.5 Å². The van der Waals surface area contributed by atoms with Crippen molar-refractivity contribution >= 4 is 20.0 Å². The molecule has 11 heteroatoms. The minimum Gasteiger partial charge on any atom is -0.486 e.